The van der Waals surface area contributed by atoms with Gasteiger partial charge in [0.1, 0.15) is 11.3 Å². The van der Waals surface area contributed by atoms with Gasteiger partial charge in [-0.3, -0.25) is 19.6 Å². The summed E-state index contributed by atoms with van der Waals surface area (Å²) in [5.74, 6) is 1.17. The predicted molar refractivity (Wildman–Crippen MR) is 113 cm³/mol. The van der Waals surface area contributed by atoms with E-state index >= 15 is 0 Å². The second-order valence-corrected chi connectivity index (χ2v) is 8.16. The van der Waals surface area contributed by atoms with Gasteiger partial charge in [-0.2, -0.15) is 0 Å². The number of likely N-dealkylation sites (N-methyl/N-ethyl adjacent to an activating group) is 1. The van der Waals surface area contributed by atoms with Crippen molar-refractivity contribution in [1.29, 1.82) is 0 Å². The van der Waals surface area contributed by atoms with Crippen molar-refractivity contribution >= 4 is 5.91 Å². The number of piperidine rings is 1. The molecule has 2 aromatic rings. The molecular weight excluding hydrogens is 364 g/mol. The van der Waals surface area contributed by atoms with Gasteiger partial charge in [-0.05, 0) is 55.3 Å². The number of ether oxygens (including phenoxy) is 1. The van der Waals surface area contributed by atoms with Crippen molar-refractivity contribution in [3.05, 3.63) is 59.9 Å². The topological polar surface area (TPSA) is 48.9 Å². The number of hydrogen-bond acceptors (Lipinski definition) is 5. The van der Waals surface area contributed by atoms with E-state index in [1.165, 1.54) is 5.56 Å². The zero-order chi connectivity index (χ0) is 20.3. The third-order valence-corrected chi connectivity index (χ3v) is 6.49. The molecule has 29 heavy (non-hydrogen) atoms. The minimum absolute atomic E-state index is 0.284. The molecule has 154 valence electrons. The zero-order valence-corrected chi connectivity index (χ0v) is 17.4. The van der Waals surface area contributed by atoms with Gasteiger partial charge in [0.2, 0.25) is 5.91 Å². The van der Waals surface area contributed by atoms with Gasteiger partial charge in [-0.25, -0.2) is 0 Å². The normalized spacial score (nSPS) is 20.2. The summed E-state index contributed by atoms with van der Waals surface area (Å²) in [6.45, 7) is 5.17. The monoisotopic (exact) mass is 394 g/mol. The summed E-state index contributed by atoms with van der Waals surface area (Å²) in [6, 6.07) is 12.3. The number of methoxy groups -OCH3 is 1. The molecule has 0 saturated carbocycles. The van der Waals surface area contributed by atoms with E-state index in [1.807, 2.05) is 29.2 Å². The SMILES string of the molecule is COc1ccc(CN2CCC3(CC2)C(=O)N(Cc2ccncc2)CCN3C)cc1. The lowest BCUT2D eigenvalue weighted by atomic mass is 9.82. The molecule has 2 saturated heterocycles. The van der Waals surface area contributed by atoms with Crippen molar-refractivity contribution in [2.24, 2.45) is 0 Å². The minimum Gasteiger partial charge on any atom is -0.497 e. The van der Waals surface area contributed by atoms with E-state index < -0.39 is 0 Å². The Bertz CT molecular complexity index is 817. The van der Waals surface area contributed by atoms with Crippen LogP contribution < -0.4 is 4.74 Å². The maximum Gasteiger partial charge on any atom is 0.243 e. The molecule has 1 spiro atoms. The number of piperazine rings is 1. The van der Waals surface area contributed by atoms with Gasteiger partial charge in [0, 0.05) is 51.7 Å². The van der Waals surface area contributed by atoms with Crippen LogP contribution in [0, 0.1) is 0 Å². The first-order chi connectivity index (χ1) is 14.1. The molecule has 1 aromatic carbocycles. The average Bonchev–Trinajstić information content (AvgIpc) is 2.77. The molecule has 1 amide bonds. The Balaban J connectivity index is 1.40. The Morgan fingerprint density at radius 2 is 1.59 bits per heavy atom. The number of likely N-dealkylation sites (tertiary alicyclic amines) is 1. The van der Waals surface area contributed by atoms with Crippen LogP contribution in [0.1, 0.15) is 24.0 Å². The molecule has 4 rings (SSSR count). The lowest BCUT2D eigenvalue weighted by molar-refractivity contribution is -0.155. The Labute approximate surface area is 173 Å². The molecule has 0 aliphatic carbocycles. The van der Waals surface area contributed by atoms with Crippen LogP contribution in [0.4, 0.5) is 0 Å². The van der Waals surface area contributed by atoms with Crippen LogP contribution in [-0.2, 0) is 17.9 Å². The number of hydrogen-bond donors (Lipinski definition) is 0. The quantitative estimate of drug-likeness (QED) is 0.779. The largest absolute Gasteiger partial charge is 0.497 e. The Morgan fingerprint density at radius 1 is 0.931 bits per heavy atom. The molecule has 3 heterocycles. The van der Waals surface area contributed by atoms with Crippen molar-refractivity contribution in [3.8, 4) is 5.75 Å². The molecule has 0 radical (unpaired) electrons. The minimum atomic E-state index is -0.359. The van der Waals surface area contributed by atoms with Gasteiger partial charge in [0.05, 0.1) is 7.11 Å². The van der Waals surface area contributed by atoms with Crippen molar-refractivity contribution in [3.63, 3.8) is 0 Å². The molecule has 1 aromatic heterocycles. The summed E-state index contributed by atoms with van der Waals surface area (Å²) in [7, 11) is 3.80. The molecule has 6 heteroatoms. The van der Waals surface area contributed by atoms with Crippen molar-refractivity contribution in [2.75, 3.05) is 40.3 Å². The first kappa shape index (κ1) is 19.9. The molecular formula is C23H30N4O2. The lowest BCUT2D eigenvalue weighted by Gasteiger charge is -2.51. The molecule has 0 bridgehead atoms. The third-order valence-electron chi connectivity index (χ3n) is 6.49. The van der Waals surface area contributed by atoms with Crippen LogP contribution in [0.25, 0.3) is 0 Å². The highest BCUT2D eigenvalue weighted by Gasteiger charge is 2.49. The summed E-state index contributed by atoms with van der Waals surface area (Å²) in [6.07, 6.45) is 5.35. The summed E-state index contributed by atoms with van der Waals surface area (Å²) < 4.78 is 5.25. The van der Waals surface area contributed by atoms with E-state index in [4.69, 9.17) is 4.74 Å². The predicted octanol–water partition coefficient (Wildman–Crippen LogP) is 2.40. The molecule has 0 atom stereocenters. The molecule has 2 fully saturated rings. The van der Waals surface area contributed by atoms with E-state index in [-0.39, 0.29) is 11.4 Å². The van der Waals surface area contributed by atoms with Gasteiger partial charge < -0.3 is 9.64 Å². The van der Waals surface area contributed by atoms with Crippen molar-refractivity contribution in [1.82, 2.24) is 19.7 Å². The number of aromatic nitrogens is 1. The number of pyridine rings is 1. The van der Waals surface area contributed by atoms with E-state index in [0.717, 1.165) is 56.9 Å². The first-order valence-corrected chi connectivity index (χ1v) is 10.4. The van der Waals surface area contributed by atoms with Crippen LogP contribution in [0.3, 0.4) is 0 Å². The molecule has 0 N–H and O–H groups in total. The van der Waals surface area contributed by atoms with E-state index in [9.17, 15) is 4.79 Å². The number of benzene rings is 1. The fourth-order valence-corrected chi connectivity index (χ4v) is 4.57. The fourth-order valence-electron chi connectivity index (χ4n) is 4.57. The second-order valence-electron chi connectivity index (χ2n) is 8.16. The third kappa shape index (κ3) is 4.14. The summed E-state index contributed by atoms with van der Waals surface area (Å²) in [5.41, 5.74) is 2.07. The van der Waals surface area contributed by atoms with Crippen LogP contribution in [-0.4, -0.2) is 71.5 Å². The van der Waals surface area contributed by atoms with E-state index in [0.29, 0.717) is 6.54 Å². The highest BCUT2D eigenvalue weighted by Crippen LogP contribution is 2.34. The van der Waals surface area contributed by atoms with Gasteiger partial charge in [-0.15, -0.1) is 0 Å². The van der Waals surface area contributed by atoms with Crippen LogP contribution in [0.15, 0.2) is 48.8 Å². The highest BCUT2D eigenvalue weighted by molar-refractivity contribution is 5.87. The molecule has 6 nitrogen and oxygen atoms in total. The summed E-state index contributed by atoms with van der Waals surface area (Å²) in [5, 5.41) is 0. The van der Waals surface area contributed by atoms with Crippen molar-refractivity contribution < 1.29 is 9.53 Å². The first-order valence-electron chi connectivity index (χ1n) is 10.4. The van der Waals surface area contributed by atoms with Crippen LogP contribution >= 0.6 is 0 Å². The number of carbonyl (C=O) groups is 1. The zero-order valence-electron chi connectivity index (χ0n) is 17.4. The van der Waals surface area contributed by atoms with Crippen molar-refractivity contribution in [2.45, 2.75) is 31.5 Å². The Kier molecular flexibility index (Phi) is 5.83. The average molecular weight is 395 g/mol. The van der Waals surface area contributed by atoms with E-state index in [2.05, 4.69) is 34.0 Å². The standard InChI is InChI=1S/C23H30N4O2/c1-25-15-16-27(18-20-7-11-24-12-8-20)22(28)23(25)9-13-26(14-10-23)17-19-3-5-21(29-2)6-4-19/h3-8,11-12H,9-10,13-18H2,1-2H3. The number of amides is 1. The van der Waals surface area contributed by atoms with Gasteiger partial charge >= 0.3 is 0 Å². The maximum absolute atomic E-state index is 13.5. The Morgan fingerprint density at radius 3 is 2.24 bits per heavy atom. The summed E-state index contributed by atoms with van der Waals surface area (Å²) in [4.78, 5) is 24.4. The smallest absolute Gasteiger partial charge is 0.243 e. The molecule has 2 aliphatic heterocycles. The Hall–Kier alpha value is -2.44. The molecule has 0 unspecified atom stereocenters. The van der Waals surface area contributed by atoms with E-state index in [1.54, 1.807) is 19.5 Å². The van der Waals surface area contributed by atoms with Gasteiger partial charge in [0.15, 0.2) is 0 Å². The summed E-state index contributed by atoms with van der Waals surface area (Å²) >= 11 is 0. The van der Waals surface area contributed by atoms with Crippen LogP contribution in [0.5, 0.6) is 5.75 Å². The second kappa shape index (κ2) is 8.51. The fraction of sp³-hybridized carbons (Fsp3) is 0.478. The van der Waals surface area contributed by atoms with Crippen LogP contribution in [0.2, 0.25) is 0 Å². The number of rotatable bonds is 5. The highest BCUT2D eigenvalue weighted by atomic mass is 16.5. The lowest BCUT2D eigenvalue weighted by Crippen LogP contribution is -2.67. The number of nitrogens with zero attached hydrogens (tertiary/aromatic N) is 4. The maximum atomic E-state index is 13.5. The van der Waals surface area contributed by atoms with Gasteiger partial charge in [-0.1, -0.05) is 12.1 Å². The molecule has 2 aliphatic rings. The van der Waals surface area contributed by atoms with Gasteiger partial charge in [0.25, 0.3) is 0 Å². The number of carbonyl (C=O) groups excluding carboxylic acids is 1.